The molecule has 0 spiro atoms. The summed E-state index contributed by atoms with van der Waals surface area (Å²) >= 11 is 0. The van der Waals surface area contributed by atoms with E-state index in [1.165, 1.54) is 5.56 Å². The second kappa shape index (κ2) is 5.82. The molecule has 0 heterocycles. The van der Waals surface area contributed by atoms with Crippen LogP contribution in [0.25, 0.3) is 0 Å². The number of hydrogen-bond donors (Lipinski definition) is 2. The van der Waals surface area contributed by atoms with E-state index in [1.54, 1.807) is 13.8 Å². The van der Waals surface area contributed by atoms with Crippen LogP contribution in [0.15, 0.2) is 30.3 Å². The quantitative estimate of drug-likeness (QED) is 0.797. The standard InChI is InChI=1S/C14H21NO2/c1-11(12-7-5-4-6-8-12)15-10-9-14(2,3)13(16)17/h4-8,11,15H,9-10H2,1-3H3,(H,16,17). The number of rotatable bonds is 6. The van der Waals surface area contributed by atoms with Crippen LogP contribution in [0.2, 0.25) is 0 Å². The predicted octanol–water partition coefficient (Wildman–Crippen LogP) is 2.84. The Kier molecular flexibility index (Phi) is 4.70. The Morgan fingerprint density at radius 1 is 1.35 bits per heavy atom. The summed E-state index contributed by atoms with van der Waals surface area (Å²) in [4.78, 5) is 10.9. The summed E-state index contributed by atoms with van der Waals surface area (Å²) < 4.78 is 0. The number of benzene rings is 1. The van der Waals surface area contributed by atoms with Gasteiger partial charge in [-0.1, -0.05) is 30.3 Å². The van der Waals surface area contributed by atoms with Gasteiger partial charge in [-0.15, -0.1) is 0 Å². The van der Waals surface area contributed by atoms with Gasteiger partial charge in [-0.2, -0.15) is 0 Å². The number of aliphatic carboxylic acids is 1. The molecule has 2 N–H and O–H groups in total. The van der Waals surface area contributed by atoms with E-state index in [4.69, 9.17) is 5.11 Å². The second-order valence-electron chi connectivity index (χ2n) is 5.03. The lowest BCUT2D eigenvalue weighted by Crippen LogP contribution is -2.30. The molecule has 0 saturated heterocycles. The van der Waals surface area contributed by atoms with Crippen LogP contribution in [-0.2, 0) is 4.79 Å². The maximum absolute atomic E-state index is 10.9. The molecular weight excluding hydrogens is 214 g/mol. The molecule has 0 aliphatic heterocycles. The molecule has 0 bridgehead atoms. The van der Waals surface area contributed by atoms with Crippen LogP contribution in [0.3, 0.4) is 0 Å². The van der Waals surface area contributed by atoms with E-state index < -0.39 is 11.4 Å². The van der Waals surface area contributed by atoms with Gasteiger partial charge in [-0.3, -0.25) is 4.79 Å². The van der Waals surface area contributed by atoms with Crippen LogP contribution in [0, 0.1) is 5.41 Å². The molecule has 1 aromatic carbocycles. The SMILES string of the molecule is CC(NCCC(C)(C)C(=O)O)c1ccccc1. The van der Waals surface area contributed by atoms with Crippen molar-refractivity contribution in [2.24, 2.45) is 5.41 Å². The van der Waals surface area contributed by atoms with Crippen molar-refractivity contribution in [1.82, 2.24) is 5.32 Å². The summed E-state index contributed by atoms with van der Waals surface area (Å²) in [7, 11) is 0. The molecule has 0 aromatic heterocycles. The topological polar surface area (TPSA) is 49.3 Å². The fourth-order valence-electron chi connectivity index (χ4n) is 1.57. The summed E-state index contributed by atoms with van der Waals surface area (Å²) in [5.74, 6) is -0.744. The highest BCUT2D eigenvalue weighted by atomic mass is 16.4. The fraction of sp³-hybridized carbons (Fsp3) is 0.500. The Labute approximate surface area is 103 Å². The van der Waals surface area contributed by atoms with Gasteiger partial charge < -0.3 is 10.4 Å². The van der Waals surface area contributed by atoms with E-state index in [2.05, 4.69) is 24.4 Å². The molecule has 0 saturated carbocycles. The molecule has 1 unspecified atom stereocenters. The first-order chi connectivity index (χ1) is 7.93. The van der Waals surface area contributed by atoms with Gasteiger partial charge in [0, 0.05) is 6.04 Å². The van der Waals surface area contributed by atoms with E-state index in [0.717, 1.165) is 0 Å². The van der Waals surface area contributed by atoms with Crippen molar-refractivity contribution in [3.63, 3.8) is 0 Å². The van der Waals surface area contributed by atoms with Crippen LogP contribution in [0.1, 0.15) is 38.8 Å². The summed E-state index contributed by atoms with van der Waals surface area (Å²) in [6.45, 7) is 6.30. The maximum Gasteiger partial charge on any atom is 0.309 e. The van der Waals surface area contributed by atoms with E-state index in [-0.39, 0.29) is 6.04 Å². The Morgan fingerprint density at radius 2 is 1.94 bits per heavy atom. The average Bonchev–Trinajstić information content (AvgIpc) is 2.29. The minimum absolute atomic E-state index is 0.251. The molecule has 3 nitrogen and oxygen atoms in total. The van der Waals surface area contributed by atoms with E-state index in [1.807, 2.05) is 18.2 Å². The van der Waals surface area contributed by atoms with Gasteiger partial charge in [0.2, 0.25) is 0 Å². The zero-order chi connectivity index (χ0) is 12.9. The first kappa shape index (κ1) is 13.7. The van der Waals surface area contributed by atoms with Crippen molar-refractivity contribution in [3.05, 3.63) is 35.9 Å². The molecule has 3 heteroatoms. The summed E-state index contributed by atoms with van der Waals surface area (Å²) in [5.41, 5.74) is 0.560. The van der Waals surface area contributed by atoms with Crippen LogP contribution in [0.5, 0.6) is 0 Å². The Balaban J connectivity index is 2.40. The monoisotopic (exact) mass is 235 g/mol. The van der Waals surface area contributed by atoms with E-state index >= 15 is 0 Å². The van der Waals surface area contributed by atoms with Gasteiger partial charge in [0.15, 0.2) is 0 Å². The molecular formula is C14H21NO2. The first-order valence-corrected chi connectivity index (χ1v) is 5.95. The molecule has 0 aliphatic carbocycles. The minimum Gasteiger partial charge on any atom is -0.481 e. The lowest BCUT2D eigenvalue weighted by atomic mass is 9.89. The third-order valence-corrected chi connectivity index (χ3v) is 3.08. The van der Waals surface area contributed by atoms with Crippen molar-refractivity contribution >= 4 is 5.97 Å². The van der Waals surface area contributed by atoms with Crippen LogP contribution < -0.4 is 5.32 Å². The molecule has 1 aromatic rings. The molecule has 0 fully saturated rings. The van der Waals surface area contributed by atoms with Gasteiger partial charge in [0.25, 0.3) is 0 Å². The smallest absolute Gasteiger partial charge is 0.309 e. The summed E-state index contributed by atoms with van der Waals surface area (Å²) in [6.07, 6.45) is 0.625. The van der Waals surface area contributed by atoms with E-state index in [9.17, 15) is 4.79 Å². The number of nitrogens with one attached hydrogen (secondary N) is 1. The lowest BCUT2D eigenvalue weighted by Gasteiger charge is -2.21. The third kappa shape index (κ3) is 4.19. The number of carboxylic acid groups (broad SMARTS) is 1. The van der Waals surface area contributed by atoms with Crippen molar-refractivity contribution in [1.29, 1.82) is 0 Å². The largest absolute Gasteiger partial charge is 0.481 e. The second-order valence-corrected chi connectivity index (χ2v) is 5.03. The molecule has 0 radical (unpaired) electrons. The lowest BCUT2D eigenvalue weighted by molar-refractivity contribution is -0.147. The molecule has 1 rings (SSSR count). The van der Waals surface area contributed by atoms with E-state index in [0.29, 0.717) is 13.0 Å². The van der Waals surface area contributed by atoms with Crippen LogP contribution >= 0.6 is 0 Å². The van der Waals surface area contributed by atoms with Gasteiger partial charge in [0.05, 0.1) is 5.41 Å². The highest BCUT2D eigenvalue weighted by Gasteiger charge is 2.26. The molecule has 0 amide bonds. The van der Waals surface area contributed by atoms with Crippen LogP contribution in [0.4, 0.5) is 0 Å². The zero-order valence-electron chi connectivity index (χ0n) is 10.7. The normalized spacial score (nSPS) is 13.4. The Bertz CT molecular complexity index is 360. The molecule has 17 heavy (non-hydrogen) atoms. The summed E-state index contributed by atoms with van der Waals surface area (Å²) in [5, 5.41) is 12.3. The number of carboxylic acids is 1. The number of carbonyl (C=O) groups is 1. The number of hydrogen-bond acceptors (Lipinski definition) is 2. The highest BCUT2D eigenvalue weighted by molar-refractivity contribution is 5.73. The third-order valence-electron chi connectivity index (χ3n) is 3.08. The first-order valence-electron chi connectivity index (χ1n) is 5.95. The summed E-state index contributed by atoms with van der Waals surface area (Å²) in [6, 6.07) is 10.4. The van der Waals surface area contributed by atoms with Crippen molar-refractivity contribution < 1.29 is 9.90 Å². The molecule has 94 valence electrons. The van der Waals surface area contributed by atoms with Gasteiger partial charge in [-0.25, -0.2) is 0 Å². The Hall–Kier alpha value is -1.35. The van der Waals surface area contributed by atoms with Crippen molar-refractivity contribution in [2.45, 2.75) is 33.2 Å². The average molecular weight is 235 g/mol. The Morgan fingerprint density at radius 3 is 2.47 bits per heavy atom. The van der Waals surface area contributed by atoms with Crippen molar-refractivity contribution in [2.75, 3.05) is 6.54 Å². The van der Waals surface area contributed by atoms with Gasteiger partial charge >= 0.3 is 5.97 Å². The van der Waals surface area contributed by atoms with Crippen LogP contribution in [-0.4, -0.2) is 17.6 Å². The highest BCUT2D eigenvalue weighted by Crippen LogP contribution is 2.20. The van der Waals surface area contributed by atoms with Gasteiger partial charge in [0.1, 0.15) is 0 Å². The zero-order valence-corrected chi connectivity index (χ0v) is 10.7. The fourth-order valence-corrected chi connectivity index (χ4v) is 1.57. The predicted molar refractivity (Wildman–Crippen MR) is 68.9 cm³/mol. The van der Waals surface area contributed by atoms with Crippen molar-refractivity contribution in [3.8, 4) is 0 Å². The maximum atomic E-state index is 10.9. The van der Waals surface area contributed by atoms with Gasteiger partial charge in [-0.05, 0) is 39.3 Å². The molecule has 1 atom stereocenters. The minimum atomic E-state index is -0.744. The molecule has 0 aliphatic rings.